The van der Waals surface area contributed by atoms with Crippen LogP contribution in [-0.4, -0.2) is 28.2 Å². The molecule has 0 radical (unpaired) electrons. The van der Waals surface area contributed by atoms with Gasteiger partial charge < -0.3 is 9.47 Å². The van der Waals surface area contributed by atoms with Gasteiger partial charge in [-0.25, -0.2) is 5.10 Å². The molecule has 0 aliphatic carbocycles. The van der Waals surface area contributed by atoms with Crippen LogP contribution in [0.15, 0.2) is 47.6 Å². The molecule has 0 unspecified atom stereocenters. The van der Waals surface area contributed by atoms with Crippen LogP contribution in [0.25, 0.3) is 0 Å². The van der Waals surface area contributed by atoms with E-state index in [0.29, 0.717) is 26.4 Å². The topological polar surface area (TPSA) is 64.4 Å². The van der Waals surface area contributed by atoms with Crippen molar-refractivity contribution in [2.24, 2.45) is 5.10 Å². The first-order chi connectivity index (χ1) is 12.6. The fraction of sp³-hybridized carbons (Fsp3) is 0.118. The molecule has 3 aromatic rings. The van der Waals surface area contributed by atoms with E-state index in [1.807, 2.05) is 24.3 Å². The van der Waals surface area contributed by atoms with Crippen LogP contribution >= 0.6 is 35.4 Å². The van der Waals surface area contributed by atoms with E-state index in [1.165, 1.54) is 4.68 Å². The lowest BCUT2D eigenvalue weighted by Gasteiger charge is -2.08. The average Bonchev–Trinajstić information content (AvgIpc) is 2.99. The van der Waals surface area contributed by atoms with Gasteiger partial charge in [0.1, 0.15) is 12.4 Å². The van der Waals surface area contributed by atoms with Gasteiger partial charge in [0, 0.05) is 0 Å². The number of aromatic amines is 1. The molecule has 0 aliphatic rings. The molecule has 1 aromatic heterocycles. The summed E-state index contributed by atoms with van der Waals surface area (Å²) in [5, 5.41) is 12.0. The maximum atomic E-state index is 6.10. The number of para-hydroxylation sites is 1. The third-order valence-electron chi connectivity index (χ3n) is 3.40. The summed E-state index contributed by atoms with van der Waals surface area (Å²) in [4.78, 5) is 0. The van der Waals surface area contributed by atoms with E-state index in [1.54, 1.807) is 31.5 Å². The van der Waals surface area contributed by atoms with Gasteiger partial charge in [0.15, 0.2) is 11.6 Å². The molecule has 26 heavy (non-hydrogen) atoms. The largest absolute Gasteiger partial charge is 0.497 e. The molecule has 0 saturated heterocycles. The highest BCUT2D eigenvalue weighted by molar-refractivity contribution is 7.71. The molecule has 0 saturated carbocycles. The number of nitrogens with zero attached hydrogens (tertiary/aromatic N) is 3. The van der Waals surface area contributed by atoms with Gasteiger partial charge in [-0.15, -0.1) is 0 Å². The predicted molar refractivity (Wildman–Crippen MR) is 104 cm³/mol. The average molecular weight is 409 g/mol. The van der Waals surface area contributed by atoms with Crippen molar-refractivity contribution in [3.63, 3.8) is 0 Å². The van der Waals surface area contributed by atoms with Gasteiger partial charge in [0.2, 0.25) is 4.77 Å². The lowest BCUT2D eigenvalue weighted by Crippen LogP contribution is -2.04. The summed E-state index contributed by atoms with van der Waals surface area (Å²) < 4.78 is 12.7. The highest BCUT2D eigenvalue weighted by atomic mass is 35.5. The first kappa shape index (κ1) is 18.4. The molecule has 1 heterocycles. The fourth-order valence-corrected chi connectivity index (χ4v) is 2.84. The summed E-state index contributed by atoms with van der Waals surface area (Å²) in [6, 6.07) is 12.6. The number of rotatable bonds is 6. The Labute approximate surface area is 165 Å². The zero-order chi connectivity index (χ0) is 18.5. The van der Waals surface area contributed by atoms with Crippen molar-refractivity contribution in [2.75, 3.05) is 7.11 Å². The number of hydrogen-bond acceptors (Lipinski definition) is 5. The Morgan fingerprint density at radius 1 is 1.23 bits per heavy atom. The van der Waals surface area contributed by atoms with Crippen molar-refractivity contribution in [3.05, 3.63) is 68.7 Å². The Bertz CT molecular complexity index is 980. The molecule has 0 amide bonds. The number of methoxy groups -OCH3 is 1. The van der Waals surface area contributed by atoms with E-state index in [4.69, 9.17) is 44.9 Å². The van der Waals surface area contributed by atoms with Crippen molar-refractivity contribution in [1.82, 2.24) is 14.9 Å². The highest BCUT2D eigenvalue weighted by Gasteiger charge is 2.10. The SMILES string of the molecule is COc1cccc(/C=N\n2c(COc3c(Cl)cccc3Cl)n[nH]c2=S)c1. The standard InChI is InChI=1S/C17H14Cl2N4O2S/c1-24-12-5-2-4-11(8-12)9-20-23-15(21-22-17(23)26)10-25-16-13(18)6-3-7-14(16)19/h2-9H,10H2,1H3,(H,22,26)/b20-9-. The van der Waals surface area contributed by atoms with E-state index >= 15 is 0 Å². The first-order valence-corrected chi connectivity index (χ1v) is 8.66. The summed E-state index contributed by atoms with van der Waals surface area (Å²) in [6.45, 7) is 0.0893. The van der Waals surface area contributed by atoms with Crippen molar-refractivity contribution in [2.45, 2.75) is 6.61 Å². The zero-order valence-corrected chi connectivity index (χ0v) is 16.0. The normalized spacial score (nSPS) is 11.0. The number of benzene rings is 2. The monoisotopic (exact) mass is 408 g/mol. The lowest BCUT2D eigenvalue weighted by atomic mass is 10.2. The van der Waals surface area contributed by atoms with Gasteiger partial charge in [0.05, 0.1) is 23.4 Å². The van der Waals surface area contributed by atoms with Gasteiger partial charge in [-0.2, -0.15) is 14.9 Å². The van der Waals surface area contributed by atoms with Crippen LogP contribution < -0.4 is 9.47 Å². The summed E-state index contributed by atoms with van der Waals surface area (Å²) in [6.07, 6.45) is 1.65. The molecule has 0 bridgehead atoms. The van der Waals surface area contributed by atoms with Gasteiger partial charge in [-0.1, -0.05) is 41.4 Å². The van der Waals surface area contributed by atoms with E-state index in [-0.39, 0.29) is 6.61 Å². The molecule has 9 heteroatoms. The van der Waals surface area contributed by atoms with Crippen LogP contribution in [0.1, 0.15) is 11.4 Å². The van der Waals surface area contributed by atoms with Crippen LogP contribution in [0.2, 0.25) is 10.0 Å². The summed E-state index contributed by atoms with van der Waals surface area (Å²) >= 11 is 17.4. The maximum Gasteiger partial charge on any atom is 0.216 e. The predicted octanol–water partition coefficient (Wildman–Crippen LogP) is 4.72. The van der Waals surface area contributed by atoms with E-state index < -0.39 is 0 Å². The third kappa shape index (κ3) is 4.24. The minimum atomic E-state index is 0.0893. The van der Waals surface area contributed by atoms with Crippen molar-refractivity contribution >= 4 is 41.6 Å². The molecule has 0 aliphatic heterocycles. The molecule has 6 nitrogen and oxygen atoms in total. The minimum Gasteiger partial charge on any atom is -0.497 e. The second-order valence-corrected chi connectivity index (χ2v) is 6.32. The molecule has 134 valence electrons. The quantitative estimate of drug-likeness (QED) is 0.473. The second kappa shape index (κ2) is 8.35. The zero-order valence-electron chi connectivity index (χ0n) is 13.6. The maximum absolute atomic E-state index is 6.10. The molecule has 3 rings (SSSR count). The lowest BCUT2D eigenvalue weighted by molar-refractivity contribution is 0.291. The first-order valence-electron chi connectivity index (χ1n) is 7.50. The van der Waals surface area contributed by atoms with Gasteiger partial charge in [0.25, 0.3) is 0 Å². The Hall–Kier alpha value is -2.35. The molecular formula is C17H14Cl2N4O2S. The molecular weight excluding hydrogens is 395 g/mol. The molecule has 1 N–H and O–H groups in total. The number of aromatic nitrogens is 3. The van der Waals surface area contributed by atoms with E-state index in [2.05, 4.69) is 15.3 Å². The van der Waals surface area contributed by atoms with Crippen LogP contribution in [-0.2, 0) is 6.61 Å². The molecule has 0 fully saturated rings. The Balaban J connectivity index is 1.80. The van der Waals surface area contributed by atoms with Gasteiger partial charge >= 0.3 is 0 Å². The number of ether oxygens (including phenoxy) is 2. The number of nitrogens with one attached hydrogen (secondary N) is 1. The Morgan fingerprint density at radius 2 is 1.96 bits per heavy atom. The molecule has 0 spiro atoms. The second-order valence-electron chi connectivity index (χ2n) is 5.12. The van der Waals surface area contributed by atoms with Crippen LogP contribution in [0.3, 0.4) is 0 Å². The van der Waals surface area contributed by atoms with Crippen LogP contribution in [0, 0.1) is 4.77 Å². The number of hydrogen-bond donors (Lipinski definition) is 1. The smallest absolute Gasteiger partial charge is 0.216 e. The van der Waals surface area contributed by atoms with Crippen molar-refractivity contribution in [3.8, 4) is 11.5 Å². The van der Waals surface area contributed by atoms with Crippen LogP contribution in [0.4, 0.5) is 0 Å². The Morgan fingerprint density at radius 3 is 2.69 bits per heavy atom. The van der Waals surface area contributed by atoms with Crippen molar-refractivity contribution in [1.29, 1.82) is 0 Å². The summed E-state index contributed by atoms with van der Waals surface area (Å²) in [5.41, 5.74) is 0.855. The number of H-pyrrole nitrogens is 1. The van der Waals surface area contributed by atoms with E-state index in [9.17, 15) is 0 Å². The Kier molecular flexibility index (Phi) is 5.92. The highest BCUT2D eigenvalue weighted by Crippen LogP contribution is 2.32. The molecule has 0 atom stereocenters. The van der Waals surface area contributed by atoms with Crippen molar-refractivity contribution < 1.29 is 9.47 Å². The van der Waals surface area contributed by atoms with E-state index in [0.717, 1.165) is 11.3 Å². The third-order valence-corrected chi connectivity index (χ3v) is 4.26. The molecule has 2 aromatic carbocycles. The summed E-state index contributed by atoms with van der Waals surface area (Å²) in [7, 11) is 1.61. The number of halogens is 2. The minimum absolute atomic E-state index is 0.0893. The van der Waals surface area contributed by atoms with Crippen LogP contribution in [0.5, 0.6) is 11.5 Å². The van der Waals surface area contributed by atoms with Gasteiger partial charge in [-0.05, 0) is 42.0 Å². The van der Waals surface area contributed by atoms with Gasteiger partial charge in [-0.3, -0.25) is 0 Å². The summed E-state index contributed by atoms with van der Waals surface area (Å²) in [5.74, 6) is 1.60. The fourth-order valence-electron chi connectivity index (χ4n) is 2.14.